The van der Waals surface area contributed by atoms with E-state index in [1.807, 2.05) is 6.92 Å². The Labute approximate surface area is 124 Å². The molecule has 0 aliphatic heterocycles. The van der Waals surface area contributed by atoms with Crippen LogP contribution in [0.1, 0.15) is 16.7 Å². The molecule has 0 bridgehead atoms. The minimum atomic E-state index is -4.72. The summed E-state index contributed by atoms with van der Waals surface area (Å²) >= 11 is 0. The predicted molar refractivity (Wildman–Crippen MR) is 73.8 cm³/mol. The molecule has 2 aromatic rings. The third kappa shape index (κ3) is 4.21. The molecule has 0 aromatic heterocycles. The van der Waals surface area contributed by atoms with Crippen molar-refractivity contribution in [3.63, 3.8) is 0 Å². The molecular formula is C15H12F3NO3. The number of nitrogens with zero attached hydrogens (tertiary/aromatic N) is 1. The fraction of sp³-hybridized carbons (Fsp3) is 0.200. The predicted octanol–water partition coefficient (Wildman–Crippen LogP) is 4.39. The van der Waals surface area contributed by atoms with E-state index in [1.54, 1.807) is 6.07 Å². The second-order valence-corrected chi connectivity index (χ2v) is 4.74. The van der Waals surface area contributed by atoms with E-state index >= 15 is 0 Å². The Morgan fingerprint density at radius 3 is 2.32 bits per heavy atom. The summed E-state index contributed by atoms with van der Waals surface area (Å²) in [5.41, 5.74) is 2.34. The summed E-state index contributed by atoms with van der Waals surface area (Å²) < 4.78 is 40.0. The van der Waals surface area contributed by atoms with Gasteiger partial charge in [-0.3, -0.25) is 10.1 Å². The van der Waals surface area contributed by atoms with Crippen LogP contribution >= 0.6 is 0 Å². The van der Waals surface area contributed by atoms with Crippen LogP contribution in [0.25, 0.3) is 0 Å². The van der Waals surface area contributed by atoms with Gasteiger partial charge in [-0.25, -0.2) is 0 Å². The van der Waals surface area contributed by atoms with E-state index in [4.69, 9.17) is 0 Å². The molecule has 0 radical (unpaired) electrons. The number of rotatable bonds is 4. The van der Waals surface area contributed by atoms with Crippen LogP contribution in [0.4, 0.5) is 18.9 Å². The van der Waals surface area contributed by atoms with Crippen molar-refractivity contribution >= 4 is 5.69 Å². The Morgan fingerprint density at radius 1 is 1.14 bits per heavy atom. The Balaban J connectivity index is 2.17. The van der Waals surface area contributed by atoms with Gasteiger partial charge in [0.05, 0.1) is 4.92 Å². The monoisotopic (exact) mass is 311 g/mol. The van der Waals surface area contributed by atoms with Crippen molar-refractivity contribution in [2.45, 2.75) is 19.7 Å². The van der Waals surface area contributed by atoms with Crippen molar-refractivity contribution in [1.29, 1.82) is 0 Å². The Morgan fingerprint density at radius 2 is 1.77 bits per heavy atom. The zero-order chi connectivity index (χ0) is 16.3. The van der Waals surface area contributed by atoms with Gasteiger partial charge in [-0.05, 0) is 42.2 Å². The number of aryl methyl sites for hydroxylation is 1. The fourth-order valence-corrected chi connectivity index (χ4v) is 1.99. The first-order chi connectivity index (χ1) is 10.2. The Bertz CT molecular complexity index is 681. The number of ether oxygens (including phenoxy) is 1. The molecule has 0 saturated carbocycles. The molecular weight excluding hydrogens is 299 g/mol. The minimum Gasteiger partial charge on any atom is -0.406 e. The van der Waals surface area contributed by atoms with Crippen LogP contribution in [0.5, 0.6) is 5.75 Å². The molecule has 0 saturated heterocycles. The topological polar surface area (TPSA) is 52.4 Å². The van der Waals surface area contributed by atoms with Crippen LogP contribution in [0, 0.1) is 17.0 Å². The van der Waals surface area contributed by atoms with Gasteiger partial charge in [0.15, 0.2) is 0 Å². The highest BCUT2D eigenvalue weighted by molar-refractivity contribution is 5.42. The fourth-order valence-electron chi connectivity index (χ4n) is 1.99. The first-order valence-electron chi connectivity index (χ1n) is 6.33. The molecule has 0 aliphatic carbocycles. The maximum Gasteiger partial charge on any atom is 0.573 e. The zero-order valence-electron chi connectivity index (χ0n) is 11.6. The van der Waals surface area contributed by atoms with Crippen LogP contribution in [-0.2, 0) is 6.42 Å². The smallest absolute Gasteiger partial charge is 0.406 e. The number of hydrogen-bond acceptors (Lipinski definition) is 3. The second-order valence-electron chi connectivity index (χ2n) is 4.74. The first kappa shape index (κ1) is 15.8. The number of nitro groups is 1. The van der Waals surface area contributed by atoms with Crippen molar-refractivity contribution in [1.82, 2.24) is 0 Å². The summed E-state index contributed by atoms with van der Waals surface area (Å²) in [6.07, 6.45) is -4.34. The molecule has 0 amide bonds. The van der Waals surface area contributed by atoms with Gasteiger partial charge in [-0.15, -0.1) is 13.2 Å². The van der Waals surface area contributed by atoms with E-state index in [0.717, 1.165) is 16.7 Å². The van der Waals surface area contributed by atoms with Gasteiger partial charge in [0.1, 0.15) is 5.75 Å². The largest absolute Gasteiger partial charge is 0.573 e. The standard InChI is InChI=1S/C15H12F3NO3/c1-10-2-5-13(19(20)21)9-12(10)8-11-3-6-14(7-4-11)22-15(16,17)18/h2-7,9H,8H2,1H3. The summed E-state index contributed by atoms with van der Waals surface area (Å²) in [5.74, 6) is -0.299. The molecule has 22 heavy (non-hydrogen) atoms. The van der Waals surface area contributed by atoms with Crippen molar-refractivity contribution in [2.24, 2.45) is 0 Å². The van der Waals surface area contributed by atoms with Crippen LogP contribution in [0.2, 0.25) is 0 Å². The average molecular weight is 311 g/mol. The van der Waals surface area contributed by atoms with E-state index in [1.165, 1.54) is 36.4 Å². The quantitative estimate of drug-likeness (QED) is 0.621. The molecule has 4 nitrogen and oxygen atoms in total. The molecule has 0 N–H and O–H groups in total. The molecule has 116 valence electrons. The van der Waals surface area contributed by atoms with Gasteiger partial charge < -0.3 is 4.74 Å². The number of benzene rings is 2. The van der Waals surface area contributed by atoms with Crippen LogP contribution in [0.3, 0.4) is 0 Å². The minimum absolute atomic E-state index is 0.0161. The SMILES string of the molecule is Cc1ccc([N+](=O)[O-])cc1Cc1ccc(OC(F)(F)F)cc1. The van der Waals surface area contributed by atoms with Gasteiger partial charge in [0, 0.05) is 12.1 Å². The van der Waals surface area contributed by atoms with E-state index in [2.05, 4.69) is 4.74 Å². The van der Waals surface area contributed by atoms with E-state index in [-0.39, 0.29) is 11.4 Å². The number of nitro benzene ring substituents is 1. The van der Waals surface area contributed by atoms with Gasteiger partial charge in [0.2, 0.25) is 0 Å². The highest BCUT2D eigenvalue weighted by atomic mass is 19.4. The molecule has 2 aromatic carbocycles. The first-order valence-corrected chi connectivity index (χ1v) is 6.33. The molecule has 0 unspecified atom stereocenters. The molecule has 7 heteroatoms. The van der Waals surface area contributed by atoms with E-state index < -0.39 is 11.3 Å². The third-order valence-electron chi connectivity index (χ3n) is 3.10. The van der Waals surface area contributed by atoms with Crippen LogP contribution in [0.15, 0.2) is 42.5 Å². The highest BCUT2D eigenvalue weighted by Gasteiger charge is 2.30. The van der Waals surface area contributed by atoms with Crippen molar-refractivity contribution < 1.29 is 22.8 Å². The maximum atomic E-state index is 12.1. The van der Waals surface area contributed by atoms with Crippen LogP contribution < -0.4 is 4.74 Å². The summed E-state index contributed by atoms with van der Waals surface area (Å²) in [6, 6.07) is 9.97. The summed E-state index contributed by atoms with van der Waals surface area (Å²) in [5, 5.41) is 10.8. The lowest BCUT2D eigenvalue weighted by Crippen LogP contribution is -2.17. The lowest BCUT2D eigenvalue weighted by molar-refractivity contribution is -0.384. The Kier molecular flexibility index (Phi) is 4.35. The third-order valence-corrected chi connectivity index (χ3v) is 3.10. The number of halogens is 3. The lowest BCUT2D eigenvalue weighted by Gasteiger charge is -2.10. The van der Waals surface area contributed by atoms with Crippen LogP contribution in [-0.4, -0.2) is 11.3 Å². The molecule has 0 aliphatic rings. The average Bonchev–Trinajstić information content (AvgIpc) is 2.41. The Hall–Kier alpha value is -2.57. The normalized spacial score (nSPS) is 11.3. The van der Waals surface area contributed by atoms with Crippen molar-refractivity contribution in [3.8, 4) is 5.75 Å². The summed E-state index contributed by atoms with van der Waals surface area (Å²) in [7, 11) is 0. The lowest BCUT2D eigenvalue weighted by atomic mass is 10.00. The molecule has 0 atom stereocenters. The van der Waals surface area contributed by atoms with Crippen molar-refractivity contribution in [3.05, 3.63) is 69.3 Å². The molecule has 2 rings (SSSR count). The maximum absolute atomic E-state index is 12.1. The number of hydrogen-bond donors (Lipinski definition) is 0. The molecule has 0 fully saturated rings. The van der Waals surface area contributed by atoms with Gasteiger partial charge in [0.25, 0.3) is 5.69 Å². The second kappa shape index (κ2) is 6.05. The summed E-state index contributed by atoms with van der Waals surface area (Å²) in [6.45, 7) is 1.82. The van der Waals surface area contributed by atoms with Gasteiger partial charge in [-0.2, -0.15) is 0 Å². The van der Waals surface area contributed by atoms with Gasteiger partial charge >= 0.3 is 6.36 Å². The molecule has 0 heterocycles. The zero-order valence-corrected chi connectivity index (χ0v) is 11.6. The number of non-ortho nitro benzene ring substituents is 1. The van der Waals surface area contributed by atoms with E-state index in [0.29, 0.717) is 6.42 Å². The highest BCUT2D eigenvalue weighted by Crippen LogP contribution is 2.25. The number of alkyl halides is 3. The van der Waals surface area contributed by atoms with E-state index in [9.17, 15) is 23.3 Å². The summed E-state index contributed by atoms with van der Waals surface area (Å²) in [4.78, 5) is 10.3. The van der Waals surface area contributed by atoms with Gasteiger partial charge in [-0.1, -0.05) is 18.2 Å². The van der Waals surface area contributed by atoms with Crippen molar-refractivity contribution in [2.75, 3.05) is 0 Å². The molecule has 0 spiro atoms.